The number of benzene rings is 1. The lowest BCUT2D eigenvalue weighted by Gasteiger charge is -2.45. The highest BCUT2D eigenvalue weighted by molar-refractivity contribution is 6.67. The minimum absolute atomic E-state index is 0.0830. The molecule has 1 aliphatic rings. The lowest BCUT2D eigenvalue weighted by Crippen LogP contribution is -2.60. The average molecular weight is 256 g/mol. The molecule has 3 nitrogen and oxygen atoms in total. The van der Waals surface area contributed by atoms with E-state index in [9.17, 15) is 0 Å². The van der Waals surface area contributed by atoms with E-state index in [1.54, 1.807) is 0 Å². The molecule has 1 heterocycles. The average Bonchev–Trinajstić information content (AvgIpc) is 2.73. The van der Waals surface area contributed by atoms with Gasteiger partial charge in [0.15, 0.2) is 11.5 Å². The smallest absolute Gasteiger partial charge is 0.231 e. The maximum absolute atomic E-state index is 5.79. The first kappa shape index (κ1) is 15.5. The van der Waals surface area contributed by atoms with Crippen molar-refractivity contribution in [3.63, 3.8) is 0 Å². The van der Waals surface area contributed by atoms with Crippen molar-refractivity contribution >= 4 is 39.2 Å². The Morgan fingerprint density at radius 3 is 2.45 bits per heavy atom. The molecular weight excluding hydrogens is 244 g/mol. The number of ether oxygens (including phenoxy) is 2. The molecule has 0 amide bonds. The lowest BCUT2D eigenvalue weighted by atomic mass is 9.26. The van der Waals surface area contributed by atoms with Gasteiger partial charge in [-0.2, -0.15) is 0 Å². The van der Waals surface area contributed by atoms with Crippen molar-refractivity contribution in [1.29, 1.82) is 0 Å². The third kappa shape index (κ3) is 3.40. The normalized spacial score (nSPS) is 16.1. The zero-order chi connectivity index (χ0) is 15.0. The van der Waals surface area contributed by atoms with Crippen LogP contribution in [-0.4, -0.2) is 57.4 Å². The van der Waals surface area contributed by atoms with Crippen molar-refractivity contribution in [2.75, 3.05) is 6.79 Å². The van der Waals surface area contributed by atoms with Gasteiger partial charge >= 0.3 is 0 Å². The monoisotopic (exact) mass is 257 g/mol. The molecule has 1 N–H and O–H groups in total. The van der Waals surface area contributed by atoms with Crippen LogP contribution in [0, 0.1) is 0 Å². The highest BCUT2D eigenvalue weighted by Gasteiger charge is 2.30. The minimum Gasteiger partial charge on any atom is -0.454 e. The molecule has 0 saturated carbocycles. The fraction of sp³-hybridized carbons (Fsp3) is 0.500. The van der Waals surface area contributed by atoms with E-state index in [2.05, 4.69) is 5.32 Å². The first-order chi connectivity index (χ1) is 9.19. The molecule has 8 heteroatoms. The highest BCUT2D eigenvalue weighted by Crippen LogP contribution is 2.33. The number of hydrogen-bond acceptors (Lipinski definition) is 3. The third-order valence-corrected chi connectivity index (χ3v) is 3.18. The first-order valence-electron chi connectivity index (χ1n) is 6.29. The second-order valence-corrected chi connectivity index (χ2v) is 5.24. The summed E-state index contributed by atoms with van der Waals surface area (Å²) in [6.07, 6.45) is 0.656. The van der Waals surface area contributed by atoms with Gasteiger partial charge in [-0.25, -0.2) is 0 Å². The number of nitrogens with one attached hydrogen (secondary N) is 1. The van der Waals surface area contributed by atoms with Crippen LogP contribution in [0.5, 0.6) is 11.5 Å². The third-order valence-electron chi connectivity index (χ3n) is 3.18. The molecule has 10 radical (unpaired) electrons. The van der Waals surface area contributed by atoms with Gasteiger partial charge in [-0.1, -0.05) is 11.4 Å². The minimum atomic E-state index is -1.73. The molecule has 0 bridgehead atoms. The molecule has 2 rings (SSSR count). The van der Waals surface area contributed by atoms with E-state index in [0.29, 0.717) is 6.42 Å². The number of hydrogen-bond donors (Lipinski definition) is 1. The van der Waals surface area contributed by atoms with Crippen molar-refractivity contribution in [3.05, 3.63) is 23.8 Å². The Morgan fingerprint density at radius 2 is 1.80 bits per heavy atom. The van der Waals surface area contributed by atoms with E-state index >= 15 is 0 Å². The van der Waals surface area contributed by atoms with Gasteiger partial charge < -0.3 is 14.8 Å². The van der Waals surface area contributed by atoms with Crippen molar-refractivity contribution in [3.8, 4) is 11.5 Å². The van der Waals surface area contributed by atoms with E-state index in [1.165, 1.54) is 0 Å². The second-order valence-electron chi connectivity index (χ2n) is 5.24. The maximum atomic E-state index is 5.79. The van der Waals surface area contributed by atoms with Crippen LogP contribution in [0.25, 0.3) is 0 Å². The maximum Gasteiger partial charge on any atom is 0.231 e. The molecule has 92 valence electrons. The van der Waals surface area contributed by atoms with Gasteiger partial charge in [0, 0.05) is 6.04 Å². The molecule has 0 aromatic heterocycles. The molecule has 1 atom stereocenters. The SMILES string of the molecule is [B]C([B])([B])C([B])([B])N[C@@H](C)Cc1ccc2c(c1)OCO2. The molecule has 0 fully saturated rings. The van der Waals surface area contributed by atoms with Crippen LogP contribution in [0.3, 0.4) is 0 Å². The fourth-order valence-corrected chi connectivity index (χ4v) is 2.01. The van der Waals surface area contributed by atoms with Crippen molar-refractivity contribution in [2.45, 2.75) is 29.8 Å². The van der Waals surface area contributed by atoms with Gasteiger partial charge in [0.25, 0.3) is 0 Å². The number of fused-ring (bicyclic) bond motifs is 1. The Hall–Kier alpha value is -0.895. The van der Waals surface area contributed by atoms with Crippen molar-refractivity contribution < 1.29 is 9.47 Å². The molecule has 1 aromatic carbocycles. The molecule has 20 heavy (non-hydrogen) atoms. The molecular formula is C12H12B5NO2. The Balaban J connectivity index is 2.00. The summed E-state index contributed by atoms with van der Waals surface area (Å²) in [6, 6.07) is 5.64. The zero-order valence-corrected chi connectivity index (χ0v) is 11.4. The van der Waals surface area contributed by atoms with Crippen LogP contribution in [0.1, 0.15) is 12.5 Å². The standard InChI is InChI=1S/C12H12B5NO2/c1-7(18-12(16,17)11(13,14)15)4-8-2-3-9-10(5-8)20-6-19-9/h2-3,5,7,18H,4,6H2,1H3/t7-/m0/s1. The van der Waals surface area contributed by atoms with Crippen LogP contribution in [0.2, 0.25) is 5.11 Å². The van der Waals surface area contributed by atoms with Gasteiger partial charge in [0.05, 0.1) is 39.2 Å². The Kier molecular flexibility index (Phi) is 4.24. The predicted molar refractivity (Wildman–Crippen MR) is 83.1 cm³/mol. The summed E-state index contributed by atoms with van der Waals surface area (Å²) in [5.74, 6) is 1.47. The predicted octanol–water partition coefficient (Wildman–Crippen LogP) is -0.494. The summed E-state index contributed by atoms with van der Waals surface area (Å²) >= 11 is 0. The molecule has 0 aliphatic carbocycles. The quantitative estimate of drug-likeness (QED) is 0.721. The van der Waals surface area contributed by atoms with Crippen molar-refractivity contribution in [1.82, 2.24) is 5.32 Å². The van der Waals surface area contributed by atoms with Crippen LogP contribution >= 0.6 is 0 Å². The molecule has 0 spiro atoms. The Labute approximate surface area is 126 Å². The van der Waals surface area contributed by atoms with E-state index in [-0.39, 0.29) is 12.8 Å². The van der Waals surface area contributed by atoms with Gasteiger partial charge in [-0.05, 0) is 31.0 Å². The lowest BCUT2D eigenvalue weighted by molar-refractivity contribution is 0.174. The van der Waals surface area contributed by atoms with E-state index in [0.717, 1.165) is 17.1 Å². The Morgan fingerprint density at radius 1 is 1.15 bits per heavy atom. The molecule has 0 saturated heterocycles. The van der Waals surface area contributed by atoms with Gasteiger partial charge in [-0.3, -0.25) is 0 Å². The molecule has 1 aliphatic heterocycles. The fourth-order valence-electron chi connectivity index (χ4n) is 2.01. The summed E-state index contributed by atoms with van der Waals surface area (Å²) in [5.41, 5.74) is 1.04. The summed E-state index contributed by atoms with van der Waals surface area (Å²) in [6.45, 7) is 2.15. The first-order valence-corrected chi connectivity index (χ1v) is 6.29. The summed E-state index contributed by atoms with van der Waals surface area (Å²) < 4.78 is 10.6. The summed E-state index contributed by atoms with van der Waals surface area (Å²) in [5, 5.41) is -0.386. The zero-order valence-electron chi connectivity index (χ0n) is 11.4. The van der Waals surface area contributed by atoms with Gasteiger partial charge in [0.2, 0.25) is 6.79 Å². The van der Waals surface area contributed by atoms with Crippen LogP contribution in [-0.2, 0) is 6.42 Å². The topological polar surface area (TPSA) is 30.5 Å². The summed E-state index contributed by atoms with van der Waals surface area (Å²) in [7, 11) is 28.2. The van der Waals surface area contributed by atoms with Crippen LogP contribution < -0.4 is 14.8 Å². The van der Waals surface area contributed by atoms with E-state index in [1.807, 2.05) is 25.1 Å². The van der Waals surface area contributed by atoms with Gasteiger partial charge in [0.1, 0.15) is 0 Å². The van der Waals surface area contributed by atoms with E-state index in [4.69, 9.17) is 48.7 Å². The van der Waals surface area contributed by atoms with Crippen molar-refractivity contribution in [2.24, 2.45) is 0 Å². The summed E-state index contributed by atoms with van der Waals surface area (Å²) in [4.78, 5) is 0. The van der Waals surface area contributed by atoms with Crippen LogP contribution in [0.15, 0.2) is 18.2 Å². The van der Waals surface area contributed by atoms with Crippen LogP contribution in [0.4, 0.5) is 0 Å². The second kappa shape index (κ2) is 5.47. The Bertz CT molecular complexity index is 489. The molecule has 0 unspecified atom stereocenters. The number of rotatable bonds is 5. The van der Waals surface area contributed by atoms with Gasteiger partial charge in [-0.15, -0.1) is 5.11 Å². The largest absolute Gasteiger partial charge is 0.454 e. The van der Waals surface area contributed by atoms with E-state index < -0.39 is 10.5 Å². The highest BCUT2D eigenvalue weighted by atomic mass is 16.7. The molecule has 1 aromatic rings.